The van der Waals surface area contributed by atoms with Gasteiger partial charge in [-0.3, -0.25) is 0 Å². The summed E-state index contributed by atoms with van der Waals surface area (Å²) in [6.45, 7) is 1.78. The maximum Gasteiger partial charge on any atom is 0.104 e. The van der Waals surface area contributed by atoms with E-state index in [0.29, 0.717) is 0 Å². The van der Waals surface area contributed by atoms with Crippen molar-refractivity contribution >= 4 is 22.9 Å². The zero-order valence-electron chi connectivity index (χ0n) is 9.88. The third kappa shape index (κ3) is 2.53. The average molecular weight is 272 g/mol. The van der Waals surface area contributed by atoms with E-state index in [-0.39, 0.29) is 11.6 Å². The molecule has 0 amide bonds. The lowest BCUT2D eigenvalue weighted by molar-refractivity contribution is -0.0451. The Labute approximate surface area is 111 Å². The maximum absolute atomic E-state index is 6.06. The van der Waals surface area contributed by atoms with E-state index in [2.05, 4.69) is 11.4 Å². The van der Waals surface area contributed by atoms with Gasteiger partial charge >= 0.3 is 0 Å². The van der Waals surface area contributed by atoms with Gasteiger partial charge in [0.15, 0.2) is 0 Å². The van der Waals surface area contributed by atoms with Crippen molar-refractivity contribution in [3.8, 4) is 0 Å². The van der Waals surface area contributed by atoms with Crippen molar-refractivity contribution in [3.05, 3.63) is 21.3 Å². The van der Waals surface area contributed by atoms with E-state index in [9.17, 15) is 0 Å². The van der Waals surface area contributed by atoms with Crippen molar-refractivity contribution < 1.29 is 4.74 Å². The van der Waals surface area contributed by atoms with E-state index >= 15 is 0 Å². The fourth-order valence-corrected chi connectivity index (χ4v) is 4.02. The van der Waals surface area contributed by atoms with Crippen LogP contribution in [0.4, 0.5) is 0 Å². The zero-order chi connectivity index (χ0) is 11.7. The van der Waals surface area contributed by atoms with E-state index in [1.165, 1.54) is 37.0 Å². The number of rotatable bonds is 1. The second kappa shape index (κ2) is 4.88. The monoisotopic (exact) mass is 271 g/mol. The fourth-order valence-electron chi connectivity index (χ4n) is 2.91. The molecule has 0 radical (unpaired) electrons. The van der Waals surface area contributed by atoms with Crippen molar-refractivity contribution in [3.63, 3.8) is 0 Å². The molecule has 1 aromatic rings. The molecule has 1 aromatic heterocycles. The van der Waals surface area contributed by atoms with Gasteiger partial charge in [0.2, 0.25) is 0 Å². The van der Waals surface area contributed by atoms with Crippen molar-refractivity contribution in [2.24, 2.45) is 0 Å². The lowest BCUT2D eigenvalue weighted by Crippen LogP contribution is -2.55. The average Bonchev–Trinajstić information content (AvgIpc) is 2.78. The number of hydrogen-bond donors (Lipinski definition) is 1. The first-order valence-electron chi connectivity index (χ1n) is 6.39. The molecule has 1 atom stereocenters. The smallest absolute Gasteiger partial charge is 0.104 e. The molecule has 1 saturated carbocycles. The summed E-state index contributed by atoms with van der Waals surface area (Å²) in [7, 11) is 0. The highest BCUT2D eigenvalue weighted by atomic mass is 35.5. The molecule has 2 fully saturated rings. The van der Waals surface area contributed by atoms with Crippen LogP contribution >= 0.6 is 22.9 Å². The number of hydrogen-bond acceptors (Lipinski definition) is 3. The van der Waals surface area contributed by atoms with Gasteiger partial charge in [0, 0.05) is 17.0 Å². The van der Waals surface area contributed by atoms with Crippen LogP contribution in [-0.4, -0.2) is 18.7 Å². The van der Waals surface area contributed by atoms with Crippen molar-refractivity contribution in [2.45, 2.75) is 43.7 Å². The molecule has 0 bridgehead atoms. The Hall–Kier alpha value is -0.0900. The van der Waals surface area contributed by atoms with Crippen LogP contribution in [0.2, 0.25) is 4.34 Å². The highest BCUT2D eigenvalue weighted by molar-refractivity contribution is 7.16. The number of morpholine rings is 1. The normalized spacial score (nSPS) is 28.4. The topological polar surface area (TPSA) is 21.3 Å². The molecule has 2 aliphatic rings. The highest BCUT2D eigenvalue weighted by Gasteiger charge is 2.37. The highest BCUT2D eigenvalue weighted by Crippen LogP contribution is 2.36. The third-order valence-corrected chi connectivity index (χ3v) is 5.27. The van der Waals surface area contributed by atoms with Crippen LogP contribution < -0.4 is 5.32 Å². The Morgan fingerprint density at radius 3 is 2.71 bits per heavy atom. The lowest BCUT2D eigenvalue weighted by Gasteiger charge is -2.43. The summed E-state index contributed by atoms with van der Waals surface area (Å²) in [6.07, 6.45) is 6.79. The summed E-state index contributed by atoms with van der Waals surface area (Å²) in [5.74, 6) is 0. The molecule has 94 valence electrons. The van der Waals surface area contributed by atoms with Gasteiger partial charge in [0.1, 0.15) is 6.10 Å². The molecule has 1 aliphatic carbocycles. The largest absolute Gasteiger partial charge is 0.369 e. The molecule has 3 rings (SSSR count). The predicted octanol–water partition coefficient (Wildman–Crippen LogP) is 3.77. The molecule has 2 nitrogen and oxygen atoms in total. The predicted molar refractivity (Wildman–Crippen MR) is 71.8 cm³/mol. The fraction of sp³-hybridized carbons (Fsp3) is 0.692. The Morgan fingerprint density at radius 1 is 1.29 bits per heavy atom. The molecule has 1 unspecified atom stereocenters. The van der Waals surface area contributed by atoms with E-state index in [1.54, 1.807) is 11.3 Å². The first-order valence-corrected chi connectivity index (χ1v) is 7.59. The van der Waals surface area contributed by atoms with E-state index in [0.717, 1.165) is 17.5 Å². The van der Waals surface area contributed by atoms with Crippen LogP contribution in [0, 0.1) is 0 Å². The first-order chi connectivity index (χ1) is 8.27. The second-order valence-corrected chi connectivity index (χ2v) is 6.91. The number of nitrogens with one attached hydrogen (secondary N) is 1. The number of ether oxygens (including phenoxy) is 1. The van der Waals surface area contributed by atoms with Crippen LogP contribution in [-0.2, 0) is 4.74 Å². The van der Waals surface area contributed by atoms with Crippen molar-refractivity contribution in [1.29, 1.82) is 0 Å². The summed E-state index contributed by atoms with van der Waals surface area (Å²) in [5.41, 5.74) is 0.274. The molecule has 17 heavy (non-hydrogen) atoms. The minimum atomic E-state index is 0.194. The van der Waals surface area contributed by atoms with Crippen LogP contribution in [0.15, 0.2) is 12.1 Å². The lowest BCUT2D eigenvalue weighted by atomic mass is 9.81. The molecule has 1 saturated heterocycles. The van der Waals surface area contributed by atoms with Crippen molar-refractivity contribution in [2.75, 3.05) is 13.2 Å². The number of halogens is 1. The first kappa shape index (κ1) is 12.0. The van der Waals surface area contributed by atoms with E-state index in [4.69, 9.17) is 16.3 Å². The zero-order valence-corrected chi connectivity index (χ0v) is 11.4. The molecule has 0 aromatic carbocycles. The molecule has 1 spiro atoms. The second-order valence-electron chi connectivity index (χ2n) is 5.16. The van der Waals surface area contributed by atoms with Gasteiger partial charge in [-0.15, -0.1) is 11.3 Å². The Morgan fingerprint density at radius 2 is 2.12 bits per heavy atom. The van der Waals surface area contributed by atoms with Crippen LogP contribution in [0.25, 0.3) is 0 Å². The Kier molecular flexibility index (Phi) is 3.44. The van der Waals surface area contributed by atoms with Gasteiger partial charge in [-0.1, -0.05) is 30.9 Å². The molecular formula is C13H18ClNOS. The summed E-state index contributed by atoms with van der Waals surface area (Å²) < 4.78 is 6.91. The van der Waals surface area contributed by atoms with Gasteiger partial charge in [-0.2, -0.15) is 0 Å². The van der Waals surface area contributed by atoms with Crippen molar-refractivity contribution in [1.82, 2.24) is 5.32 Å². The van der Waals surface area contributed by atoms with Gasteiger partial charge in [0.05, 0.1) is 10.9 Å². The van der Waals surface area contributed by atoms with Gasteiger partial charge in [-0.05, 0) is 25.0 Å². The minimum absolute atomic E-state index is 0.194. The Balaban J connectivity index is 1.63. The molecule has 1 aliphatic heterocycles. The molecule has 1 N–H and O–H groups in total. The molecule has 2 heterocycles. The SMILES string of the molecule is Clc1ccc(C2CNC3(CCCCC3)CO2)s1. The van der Waals surface area contributed by atoms with Crippen LogP contribution in [0.1, 0.15) is 43.1 Å². The summed E-state index contributed by atoms with van der Waals surface area (Å²) >= 11 is 7.59. The van der Waals surface area contributed by atoms with Gasteiger partial charge in [-0.25, -0.2) is 0 Å². The summed E-state index contributed by atoms with van der Waals surface area (Å²) in [5, 5.41) is 3.73. The standard InChI is InChI=1S/C13H18ClNOS/c14-12-5-4-11(17-12)10-8-15-13(9-16-10)6-2-1-3-7-13/h4-5,10,15H,1-3,6-9H2. The summed E-state index contributed by atoms with van der Waals surface area (Å²) in [4.78, 5) is 1.24. The van der Waals surface area contributed by atoms with Crippen LogP contribution in [0.5, 0.6) is 0 Å². The van der Waals surface area contributed by atoms with Gasteiger partial charge < -0.3 is 10.1 Å². The maximum atomic E-state index is 6.06. The summed E-state index contributed by atoms with van der Waals surface area (Å²) in [6, 6.07) is 4.04. The Bertz CT molecular complexity index is 377. The van der Waals surface area contributed by atoms with Gasteiger partial charge in [0.25, 0.3) is 0 Å². The minimum Gasteiger partial charge on any atom is -0.369 e. The molecular weight excluding hydrogens is 254 g/mol. The van der Waals surface area contributed by atoms with Crippen LogP contribution in [0.3, 0.4) is 0 Å². The number of thiophene rings is 1. The van der Waals surface area contributed by atoms with E-state index < -0.39 is 0 Å². The van der Waals surface area contributed by atoms with E-state index in [1.807, 2.05) is 6.07 Å². The third-order valence-electron chi connectivity index (χ3n) is 3.95. The quantitative estimate of drug-likeness (QED) is 0.840. The molecule has 4 heteroatoms.